The van der Waals surface area contributed by atoms with Gasteiger partial charge in [-0.2, -0.15) is 8.78 Å². The fraction of sp³-hybridized carbons (Fsp3) is 0.300. The van der Waals surface area contributed by atoms with Crippen LogP contribution in [0, 0.1) is 0 Å². The van der Waals surface area contributed by atoms with Gasteiger partial charge in [-0.15, -0.1) is 0 Å². The van der Waals surface area contributed by atoms with Crippen molar-refractivity contribution < 1.29 is 40.7 Å². The number of aromatic nitrogens is 2. The van der Waals surface area contributed by atoms with Crippen molar-refractivity contribution >= 4 is 38.5 Å². The summed E-state index contributed by atoms with van der Waals surface area (Å²) in [6, 6.07) is 15.3. The summed E-state index contributed by atoms with van der Waals surface area (Å²) in [6.45, 7) is -3.64. The average Bonchev–Trinajstić information content (AvgIpc) is 3.44. The van der Waals surface area contributed by atoms with E-state index in [-0.39, 0.29) is 41.5 Å². The standard InChI is InChI=1S/C30H30F2N4O7S/c31-30(32)43-24-11-5-3-8-21(24)19-44(40,41)26(18-35-27(38)20-13-16-33-17-14-20)28(39)34-15-7-1-2-10-23(37)29-36-22-9-4-6-12-25(22)42-29/h3-6,8-9,11-14,16-17,26,30H,1-2,7,10,15,18-19H2,(H,34,39)(H,35,38). The lowest BCUT2D eigenvalue weighted by molar-refractivity contribution is -0.120. The Labute approximate surface area is 251 Å². The fourth-order valence-electron chi connectivity index (χ4n) is 4.34. The molecule has 4 rings (SSSR count). The second-order valence-corrected chi connectivity index (χ2v) is 11.9. The maximum Gasteiger partial charge on any atom is 0.387 e. The molecule has 0 aliphatic carbocycles. The maximum atomic E-state index is 13.4. The second kappa shape index (κ2) is 15.1. The summed E-state index contributed by atoms with van der Waals surface area (Å²) in [5.74, 6) is -2.82. The molecule has 0 aliphatic rings. The Morgan fingerprint density at radius 2 is 1.64 bits per heavy atom. The molecule has 2 amide bonds. The van der Waals surface area contributed by atoms with Gasteiger partial charge >= 0.3 is 6.61 Å². The van der Waals surface area contributed by atoms with Gasteiger partial charge in [0.2, 0.25) is 11.7 Å². The van der Waals surface area contributed by atoms with Gasteiger partial charge in [0.1, 0.15) is 11.3 Å². The number of Topliss-reactive ketones (excluding diaryl/α,β-unsaturated/α-hetero) is 1. The minimum Gasteiger partial charge on any atom is -0.435 e. The van der Waals surface area contributed by atoms with Crippen molar-refractivity contribution in [3.63, 3.8) is 0 Å². The number of ketones is 1. The van der Waals surface area contributed by atoms with E-state index in [9.17, 15) is 31.6 Å². The first-order chi connectivity index (χ1) is 21.1. The number of rotatable bonds is 16. The van der Waals surface area contributed by atoms with Crippen LogP contribution < -0.4 is 15.4 Å². The van der Waals surface area contributed by atoms with Crippen LogP contribution in [0.3, 0.4) is 0 Å². The number of carbonyl (C=O) groups is 3. The van der Waals surface area contributed by atoms with Crippen LogP contribution in [0.4, 0.5) is 8.78 Å². The van der Waals surface area contributed by atoms with Crippen LogP contribution in [0.1, 0.15) is 52.3 Å². The van der Waals surface area contributed by atoms with Gasteiger partial charge in [-0.05, 0) is 43.2 Å². The Kier molecular flexibility index (Phi) is 11.1. The van der Waals surface area contributed by atoms with Gasteiger partial charge in [0.25, 0.3) is 11.8 Å². The van der Waals surface area contributed by atoms with E-state index < -0.39 is 45.8 Å². The summed E-state index contributed by atoms with van der Waals surface area (Å²) < 4.78 is 62.5. The molecule has 0 aliphatic heterocycles. The van der Waals surface area contributed by atoms with Crippen molar-refractivity contribution in [3.8, 4) is 5.75 Å². The molecule has 2 N–H and O–H groups in total. The van der Waals surface area contributed by atoms with Crippen molar-refractivity contribution in [2.24, 2.45) is 0 Å². The number of pyridine rings is 1. The van der Waals surface area contributed by atoms with E-state index in [4.69, 9.17) is 4.42 Å². The molecule has 1 atom stereocenters. The van der Waals surface area contributed by atoms with Gasteiger partial charge in [0, 0.05) is 43.0 Å². The van der Waals surface area contributed by atoms with Crippen LogP contribution in [0.25, 0.3) is 11.1 Å². The summed E-state index contributed by atoms with van der Waals surface area (Å²) >= 11 is 0. The number of hydrogen-bond donors (Lipinski definition) is 2. The van der Waals surface area contributed by atoms with Crippen molar-refractivity contribution in [1.82, 2.24) is 20.6 Å². The summed E-state index contributed by atoms with van der Waals surface area (Å²) in [5, 5.41) is 3.30. The third-order valence-corrected chi connectivity index (χ3v) is 8.54. The van der Waals surface area contributed by atoms with Crippen LogP contribution in [0.5, 0.6) is 5.75 Å². The number of para-hydroxylation sites is 3. The van der Waals surface area contributed by atoms with Crippen molar-refractivity contribution in [2.45, 2.75) is 43.3 Å². The number of fused-ring (bicyclic) bond motifs is 1. The Hall–Kier alpha value is -4.72. The van der Waals surface area contributed by atoms with Crippen LogP contribution in [-0.4, -0.2) is 60.9 Å². The molecular weight excluding hydrogens is 598 g/mol. The summed E-state index contributed by atoms with van der Waals surface area (Å²) in [4.78, 5) is 46.1. The van der Waals surface area contributed by atoms with E-state index in [1.54, 1.807) is 24.3 Å². The van der Waals surface area contributed by atoms with Gasteiger partial charge in [0.15, 0.2) is 20.7 Å². The molecule has 2 aromatic heterocycles. The normalized spacial score (nSPS) is 12.2. The van der Waals surface area contributed by atoms with Crippen LogP contribution >= 0.6 is 0 Å². The number of hydrogen-bond acceptors (Lipinski definition) is 9. The van der Waals surface area contributed by atoms with Gasteiger partial charge in [0.05, 0.1) is 5.75 Å². The fourth-order valence-corrected chi connectivity index (χ4v) is 5.96. The smallest absolute Gasteiger partial charge is 0.387 e. The average molecular weight is 629 g/mol. The second-order valence-electron chi connectivity index (χ2n) is 9.74. The van der Waals surface area contributed by atoms with Gasteiger partial charge < -0.3 is 19.8 Å². The molecule has 0 fully saturated rings. The molecule has 0 saturated carbocycles. The number of unbranched alkanes of at least 4 members (excludes halogenated alkanes) is 2. The number of sulfone groups is 1. The summed E-state index contributed by atoms with van der Waals surface area (Å²) in [5.41, 5.74) is 1.25. The molecule has 0 bridgehead atoms. The molecule has 1 unspecified atom stereocenters. The number of amides is 2. The number of carbonyl (C=O) groups excluding carboxylic acids is 3. The molecule has 14 heteroatoms. The van der Waals surface area contributed by atoms with E-state index in [0.29, 0.717) is 30.4 Å². The molecule has 232 valence electrons. The lowest BCUT2D eigenvalue weighted by atomic mass is 10.1. The highest BCUT2D eigenvalue weighted by Gasteiger charge is 2.34. The van der Waals surface area contributed by atoms with E-state index in [1.807, 2.05) is 0 Å². The number of nitrogens with zero attached hydrogens (tertiary/aromatic N) is 2. The number of benzene rings is 2. The minimum absolute atomic E-state index is 0.0295. The summed E-state index contributed by atoms with van der Waals surface area (Å²) in [6.07, 6.45) is 4.42. The quantitative estimate of drug-likeness (QED) is 0.138. The molecule has 2 aromatic carbocycles. The van der Waals surface area contributed by atoms with Gasteiger partial charge in [-0.3, -0.25) is 19.4 Å². The van der Waals surface area contributed by atoms with Crippen molar-refractivity contribution in [3.05, 3.63) is 90.1 Å². The van der Waals surface area contributed by atoms with E-state index >= 15 is 0 Å². The van der Waals surface area contributed by atoms with E-state index in [0.717, 1.165) is 0 Å². The first kappa shape index (κ1) is 32.2. The molecule has 0 spiro atoms. The molecular formula is C30H30F2N4O7S. The predicted octanol–water partition coefficient (Wildman–Crippen LogP) is 4.10. The Bertz CT molecular complexity index is 1660. The third-order valence-electron chi connectivity index (χ3n) is 6.57. The monoisotopic (exact) mass is 628 g/mol. The molecule has 11 nitrogen and oxygen atoms in total. The van der Waals surface area contributed by atoms with E-state index in [1.165, 1.54) is 48.8 Å². The predicted molar refractivity (Wildman–Crippen MR) is 156 cm³/mol. The zero-order chi connectivity index (χ0) is 31.5. The number of alkyl halides is 2. The Morgan fingerprint density at radius 1 is 0.909 bits per heavy atom. The van der Waals surface area contributed by atoms with Crippen LogP contribution in [0.2, 0.25) is 0 Å². The zero-order valence-electron chi connectivity index (χ0n) is 23.4. The number of halogens is 2. The highest BCUT2D eigenvalue weighted by atomic mass is 32.2. The molecule has 2 heterocycles. The largest absolute Gasteiger partial charge is 0.435 e. The highest BCUT2D eigenvalue weighted by molar-refractivity contribution is 7.92. The highest BCUT2D eigenvalue weighted by Crippen LogP contribution is 2.24. The first-order valence-electron chi connectivity index (χ1n) is 13.7. The number of ether oxygens (including phenoxy) is 1. The lowest BCUT2D eigenvalue weighted by Gasteiger charge is -2.19. The van der Waals surface area contributed by atoms with Crippen molar-refractivity contribution in [2.75, 3.05) is 13.1 Å². The van der Waals surface area contributed by atoms with Crippen LogP contribution in [0.15, 0.2) is 77.5 Å². The Morgan fingerprint density at radius 3 is 2.39 bits per heavy atom. The lowest BCUT2D eigenvalue weighted by Crippen LogP contribution is -2.47. The van der Waals surface area contributed by atoms with Gasteiger partial charge in [-0.1, -0.05) is 36.8 Å². The first-order valence-corrected chi connectivity index (χ1v) is 15.4. The Balaban J connectivity index is 1.34. The third kappa shape index (κ3) is 8.89. The van der Waals surface area contributed by atoms with Gasteiger partial charge in [-0.25, -0.2) is 13.4 Å². The van der Waals surface area contributed by atoms with Crippen molar-refractivity contribution in [1.29, 1.82) is 0 Å². The molecule has 0 saturated heterocycles. The zero-order valence-corrected chi connectivity index (χ0v) is 24.3. The van der Waals surface area contributed by atoms with Crippen LogP contribution in [-0.2, 0) is 20.4 Å². The number of nitrogens with one attached hydrogen (secondary N) is 2. The molecule has 0 radical (unpaired) electrons. The summed E-state index contributed by atoms with van der Waals surface area (Å²) in [7, 11) is -4.34. The molecule has 44 heavy (non-hydrogen) atoms. The number of oxazole rings is 1. The SMILES string of the molecule is O=C(NCC(C(=O)NCCCCCC(=O)c1nc2ccccc2o1)S(=O)(=O)Cc1ccccc1OC(F)F)c1ccncc1. The maximum absolute atomic E-state index is 13.4. The van der Waals surface area contributed by atoms with E-state index in [2.05, 4.69) is 25.3 Å². The minimum atomic E-state index is -4.34. The molecule has 4 aromatic rings. The topological polar surface area (TPSA) is 158 Å².